The van der Waals surface area contributed by atoms with Gasteiger partial charge in [0.25, 0.3) is 0 Å². The lowest BCUT2D eigenvalue weighted by atomic mass is 9.74. The largest absolute Gasteiger partial charge is 0.327 e. The molecule has 0 amide bonds. The standard InChI is InChI=1S/C18H27N3/c1-21-14-7-8-15(21)11-13(10-14)17(19)16-6-2-4-12-5-3-9-20-18(12)16/h3,5,9,13-17H,2,4,6-8,10-11,19H2,1H3. The Morgan fingerprint density at radius 3 is 2.76 bits per heavy atom. The highest BCUT2D eigenvalue weighted by atomic mass is 15.2. The highest BCUT2D eigenvalue weighted by Crippen LogP contribution is 2.42. The van der Waals surface area contributed by atoms with Gasteiger partial charge in [0, 0.05) is 35.9 Å². The summed E-state index contributed by atoms with van der Waals surface area (Å²) in [5.41, 5.74) is 9.53. The van der Waals surface area contributed by atoms with Gasteiger partial charge in [-0.25, -0.2) is 0 Å². The van der Waals surface area contributed by atoms with Crippen molar-refractivity contribution in [3.8, 4) is 0 Å². The summed E-state index contributed by atoms with van der Waals surface area (Å²) in [6, 6.07) is 6.19. The molecule has 3 nitrogen and oxygen atoms in total. The fraction of sp³-hybridized carbons (Fsp3) is 0.722. The SMILES string of the molecule is CN1C2CCC1CC(C(N)C1CCCc3cccnc31)C2. The second-order valence-electron chi connectivity index (χ2n) is 7.41. The maximum atomic E-state index is 6.78. The topological polar surface area (TPSA) is 42.1 Å². The number of nitrogens with two attached hydrogens (primary N) is 1. The summed E-state index contributed by atoms with van der Waals surface area (Å²) in [7, 11) is 2.31. The van der Waals surface area contributed by atoms with Gasteiger partial charge >= 0.3 is 0 Å². The molecule has 0 radical (unpaired) electrons. The van der Waals surface area contributed by atoms with Crippen LogP contribution < -0.4 is 5.73 Å². The number of pyridine rings is 1. The van der Waals surface area contributed by atoms with E-state index in [0.29, 0.717) is 17.9 Å². The Kier molecular flexibility index (Phi) is 3.50. The van der Waals surface area contributed by atoms with Crippen LogP contribution in [0.2, 0.25) is 0 Å². The summed E-state index contributed by atoms with van der Waals surface area (Å²) < 4.78 is 0. The molecule has 0 spiro atoms. The molecule has 4 atom stereocenters. The third-order valence-electron chi connectivity index (χ3n) is 6.38. The molecule has 21 heavy (non-hydrogen) atoms. The molecule has 2 N–H and O–H groups in total. The normalized spacial score (nSPS) is 37.2. The predicted molar refractivity (Wildman–Crippen MR) is 85.2 cm³/mol. The predicted octanol–water partition coefficient (Wildman–Crippen LogP) is 2.70. The van der Waals surface area contributed by atoms with Gasteiger partial charge in [-0.1, -0.05) is 6.07 Å². The van der Waals surface area contributed by atoms with Crippen LogP contribution in [0.4, 0.5) is 0 Å². The Balaban J connectivity index is 1.55. The van der Waals surface area contributed by atoms with Crippen LogP contribution in [0.3, 0.4) is 0 Å². The molecule has 2 saturated heterocycles. The second kappa shape index (κ2) is 5.36. The summed E-state index contributed by atoms with van der Waals surface area (Å²) in [4.78, 5) is 7.30. The zero-order chi connectivity index (χ0) is 14.4. The number of aryl methyl sites for hydroxylation is 1. The van der Waals surface area contributed by atoms with E-state index in [2.05, 4.69) is 24.1 Å². The maximum Gasteiger partial charge on any atom is 0.0481 e. The Labute approximate surface area is 127 Å². The number of nitrogens with zero attached hydrogens (tertiary/aromatic N) is 2. The molecule has 1 aromatic rings. The average Bonchev–Trinajstić information content (AvgIpc) is 2.75. The molecule has 2 fully saturated rings. The van der Waals surface area contributed by atoms with Gasteiger partial charge in [0.15, 0.2) is 0 Å². The van der Waals surface area contributed by atoms with Crippen LogP contribution in [-0.2, 0) is 6.42 Å². The number of piperidine rings is 1. The molecule has 2 aliphatic heterocycles. The summed E-state index contributed by atoms with van der Waals surface area (Å²) >= 11 is 0. The highest BCUT2D eigenvalue weighted by Gasteiger charge is 2.42. The minimum atomic E-state index is 0.302. The van der Waals surface area contributed by atoms with E-state index in [-0.39, 0.29) is 0 Å². The average molecular weight is 285 g/mol. The quantitative estimate of drug-likeness (QED) is 0.908. The lowest BCUT2D eigenvalue weighted by Crippen LogP contribution is -2.47. The molecule has 4 unspecified atom stereocenters. The van der Waals surface area contributed by atoms with Gasteiger partial charge in [0.2, 0.25) is 0 Å². The molecule has 4 rings (SSSR count). The molecular formula is C18H27N3. The zero-order valence-electron chi connectivity index (χ0n) is 13.0. The van der Waals surface area contributed by atoms with Gasteiger partial charge < -0.3 is 10.6 Å². The highest BCUT2D eigenvalue weighted by molar-refractivity contribution is 5.27. The lowest BCUT2D eigenvalue weighted by Gasteiger charge is -2.41. The fourth-order valence-electron chi connectivity index (χ4n) is 5.12. The molecule has 1 aromatic heterocycles. The number of rotatable bonds is 2. The van der Waals surface area contributed by atoms with Crippen molar-refractivity contribution < 1.29 is 0 Å². The molecule has 3 heterocycles. The van der Waals surface area contributed by atoms with Gasteiger partial charge in [-0.05, 0) is 69.5 Å². The van der Waals surface area contributed by atoms with Crippen LogP contribution in [-0.4, -0.2) is 35.1 Å². The number of fused-ring (bicyclic) bond motifs is 3. The Morgan fingerprint density at radius 1 is 1.24 bits per heavy atom. The maximum absolute atomic E-state index is 6.78. The van der Waals surface area contributed by atoms with E-state index >= 15 is 0 Å². The van der Waals surface area contributed by atoms with Gasteiger partial charge in [-0.15, -0.1) is 0 Å². The van der Waals surface area contributed by atoms with Crippen LogP contribution in [0.25, 0.3) is 0 Å². The van der Waals surface area contributed by atoms with Gasteiger partial charge in [-0.2, -0.15) is 0 Å². The van der Waals surface area contributed by atoms with Crippen molar-refractivity contribution in [3.05, 3.63) is 29.6 Å². The minimum Gasteiger partial charge on any atom is -0.327 e. The third-order valence-corrected chi connectivity index (χ3v) is 6.38. The molecule has 0 aromatic carbocycles. The van der Waals surface area contributed by atoms with Crippen LogP contribution in [0, 0.1) is 5.92 Å². The van der Waals surface area contributed by atoms with Crippen molar-refractivity contribution >= 4 is 0 Å². The first kappa shape index (κ1) is 13.7. The van der Waals surface area contributed by atoms with E-state index in [0.717, 1.165) is 12.1 Å². The van der Waals surface area contributed by atoms with E-state index in [1.165, 1.54) is 56.2 Å². The number of hydrogen-bond donors (Lipinski definition) is 1. The van der Waals surface area contributed by atoms with E-state index in [1.807, 2.05) is 6.20 Å². The first-order chi connectivity index (χ1) is 10.2. The minimum absolute atomic E-state index is 0.302. The molecule has 1 aliphatic carbocycles. The van der Waals surface area contributed by atoms with Crippen molar-refractivity contribution in [3.63, 3.8) is 0 Å². The van der Waals surface area contributed by atoms with Crippen molar-refractivity contribution in [2.24, 2.45) is 11.7 Å². The third kappa shape index (κ3) is 2.31. The summed E-state index contributed by atoms with van der Waals surface area (Å²) in [6.45, 7) is 0. The van der Waals surface area contributed by atoms with Crippen LogP contribution in [0.15, 0.2) is 18.3 Å². The van der Waals surface area contributed by atoms with Crippen molar-refractivity contribution in [2.75, 3.05) is 7.05 Å². The number of aromatic nitrogens is 1. The van der Waals surface area contributed by atoms with Crippen molar-refractivity contribution in [2.45, 2.75) is 69.0 Å². The molecule has 3 aliphatic rings. The molecule has 0 saturated carbocycles. The first-order valence-electron chi connectivity index (χ1n) is 8.65. The zero-order valence-corrected chi connectivity index (χ0v) is 13.0. The van der Waals surface area contributed by atoms with Crippen LogP contribution in [0.5, 0.6) is 0 Å². The molecule has 114 valence electrons. The van der Waals surface area contributed by atoms with Crippen LogP contribution in [0.1, 0.15) is 55.7 Å². The lowest BCUT2D eigenvalue weighted by molar-refractivity contribution is 0.112. The Hall–Kier alpha value is -0.930. The monoisotopic (exact) mass is 285 g/mol. The van der Waals surface area contributed by atoms with Crippen LogP contribution >= 0.6 is 0 Å². The summed E-state index contributed by atoms with van der Waals surface area (Å²) in [5, 5.41) is 0. The first-order valence-corrected chi connectivity index (χ1v) is 8.65. The smallest absolute Gasteiger partial charge is 0.0481 e. The van der Waals surface area contributed by atoms with Crippen molar-refractivity contribution in [1.29, 1.82) is 0 Å². The van der Waals surface area contributed by atoms with E-state index in [9.17, 15) is 0 Å². The number of hydrogen-bond acceptors (Lipinski definition) is 3. The van der Waals surface area contributed by atoms with E-state index < -0.39 is 0 Å². The summed E-state index contributed by atoms with van der Waals surface area (Å²) in [6.07, 6.45) is 11.0. The van der Waals surface area contributed by atoms with Gasteiger partial charge in [0.05, 0.1) is 0 Å². The Bertz CT molecular complexity index is 501. The Morgan fingerprint density at radius 2 is 2.00 bits per heavy atom. The van der Waals surface area contributed by atoms with E-state index in [4.69, 9.17) is 10.7 Å². The second-order valence-corrected chi connectivity index (χ2v) is 7.41. The van der Waals surface area contributed by atoms with Gasteiger partial charge in [0.1, 0.15) is 0 Å². The molecular weight excluding hydrogens is 258 g/mol. The summed E-state index contributed by atoms with van der Waals surface area (Å²) in [5.74, 6) is 1.18. The molecule has 2 bridgehead atoms. The van der Waals surface area contributed by atoms with Crippen molar-refractivity contribution in [1.82, 2.24) is 9.88 Å². The molecule has 3 heteroatoms. The van der Waals surface area contributed by atoms with Gasteiger partial charge in [-0.3, -0.25) is 4.98 Å². The van der Waals surface area contributed by atoms with E-state index in [1.54, 1.807) is 0 Å². The fourth-order valence-corrected chi connectivity index (χ4v) is 5.12.